The molecule has 0 spiro atoms. The molecule has 0 aromatic carbocycles. The molecule has 1 saturated heterocycles. The van der Waals surface area contributed by atoms with Crippen LogP contribution in [0.2, 0.25) is 0 Å². The Morgan fingerprint density at radius 1 is 1.62 bits per heavy atom. The molecule has 116 valence electrons. The Bertz CT molecular complexity index is 637. The zero-order valence-corrected chi connectivity index (χ0v) is 11.1. The highest BCUT2D eigenvalue weighted by Crippen LogP contribution is 2.29. The van der Waals surface area contributed by atoms with Gasteiger partial charge in [0.1, 0.15) is 25.0 Å². The van der Waals surface area contributed by atoms with E-state index in [0.29, 0.717) is 5.56 Å². The van der Waals surface area contributed by atoms with Crippen molar-refractivity contribution < 1.29 is 24.2 Å². The fraction of sp³-hybridized carbons (Fsp3) is 0.545. The first-order valence-electron chi connectivity index (χ1n) is 6.11. The van der Waals surface area contributed by atoms with Crippen LogP contribution in [-0.2, 0) is 14.3 Å². The second kappa shape index (κ2) is 6.08. The summed E-state index contributed by atoms with van der Waals surface area (Å²) in [4.78, 5) is 40.4. The first-order chi connectivity index (χ1) is 9.92. The van der Waals surface area contributed by atoms with Crippen LogP contribution in [0.25, 0.3) is 0 Å². The number of carbonyl (C=O) groups is 1. The number of nitrogens with one attached hydrogen (secondary N) is 1. The molecule has 21 heavy (non-hydrogen) atoms. The minimum absolute atomic E-state index is 0.218. The van der Waals surface area contributed by atoms with Crippen molar-refractivity contribution in [2.24, 2.45) is 5.90 Å². The largest absolute Gasteiger partial charge is 0.505 e. The number of carboxylic acid groups (broad SMARTS) is 1. The Labute approximate surface area is 118 Å². The van der Waals surface area contributed by atoms with Gasteiger partial charge in [0.05, 0.1) is 0 Å². The summed E-state index contributed by atoms with van der Waals surface area (Å²) in [5, 5.41) is 8.48. The first kappa shape index (κ1) is 15.2. The molecular weight excluding hydrogens is 286 g/mol. The third kappa shape index (κ3) is 3.29. The van der Waals surface area contributed by atoms with Gasteiger partial charge in [0, 0.05) is 18.2 Å². The smallest absolute Gasteiger partial charge is 0.450 e. The quantitative estimate of drug-likeness (QED) is 0.478. The topological polar surface area (TPSA) is 146 Å². The Morgan fingerprint density at radius 2 is 2.33 bits per heavy atom. The van der Waals surface area contributed by atoms with Gasteiger partial charge in [-0.2, -0.15) is 0 Å². The fourth-order valence-corrected chi connectivity index (χ4v) is 2.12. The van der Waals surface area contributed by atoms with Crippen LogP contribution in [0.4, 0.5) is 4.79 Å². The van der Waals surface area contributed by atoms with Crippen molar-refractivity contribution in [2.45, 2.75) is 31.8 Å². The molecule has 0 amide bonds. The predicted octanol–water partition coefficient (Wildman–Crippen LogP) is -0.914. The summed E-state index contributed by atoms with van der Waals surface area (Å²) in [5.41, 5.74) is -0.772. The lowest BCUT2D eigenvalue weighted by Crippen LogP contribution is -2.33. The SMILES string of the molecule is Cc1cn([C@H]2CC(ON)[C@@H](COC(=O)O)O2)c(=O)[nH]c1=O. The zero-order valence-electron chi connectivity index (χ0n) is 11.1. The van der Waals surface area contributed by atoms with Crippen molar-refractivity contribution in [3.63, 3.8) is 0 Å². The second-order valence-corrected chi connectivity index (χ2v) is 4.59. The number of rotatable bonds is 4. The predicted molar refractivity (Wildman–Crippen MR) is 67.6 cm³/mol. The Hall–Kier alpha value is -2.17. The minimum Gasteiger partial charge on any atom is -0.450 e. The van der Waals surface area contributed by atoms with Gasteiger partial charge >= 0.3 is 11.8 Å². The van der Waals surface area contributed by atoms with E-state index in [1.807, 2.05) is 0 Å². The highest BCUT2D eigenvalue weighted by Gasteiger charge is 2.38. The molecule has 1 aliphatic heterocycles. The summed E-state index contributed by atoms with van der Waals surface area (Å²) in [7, 11) is 0. The minimum atomic E-state index is -1.45. The molecule has 0 bridgehead atoms. The number of aromatic nitrogens is 2. The molecule has 2 heterocycles. The van der Waals surface area contributed by atoms with Crippen LogP contribution >= 0.6 is 0 Å². The number of H-pyrrole nitrogens is 1. The van der Waals surface area contributed by atoms with E-state index in [1.54, 1.807) is 6.92 Å². The molecule has 2 rings (SSSR count). The molecule has 0 aliphatic carbocycles. The van der Waals surface area contributed by atoms with Crippen LogP contribution in [0.3, 0.4) is 0 Å². The van der Waals surface area contributed by atoms with E-state index in [-0.39, 0.29) is 13.0 Å². The number of aryl methyl sites for hydroxylation is 1. The standard InChI is InChI=1S/C11H15N3O7/c1-5-3-14(10(16)13-9(5)15)8-2-6(21-12)7(20-8)4-19-11(17)18/h3,6-8H,2,4,12H2,1H3,(H,17,18)(H,13,15,16)/t6?,7-,8-/m1/s1. The molecule has 1 aliphatic rings. The lowest BCUT2D eigenvalue weighted by atomic mass is 10.2. The molecule has 10 nitrogen and oxygen atoms in total. The van der Waals surface area contributed by atoms with E-state index in [9.17, 15) is 14.4 Å². The van der Waals surface area contributed by atoms with Crippen LogP contribution < -0.4 is 17.1 Å². The summed E-state index contributed by atoms with van der Waals surface area (Å²) in [6, 6.07) is 0. The van der Waals surface area contributed by atoms with Crippen LogP contribution in [-0.4, -0.2) is 39.6 Å². The Kier molecular flexibility index (Phi) is 4.40. The fourth-order valence-electron chi connectivity index (χ4n) is 2.12. The van der Waals surface area contributed by atoms with Gasteiger partial charge < -0.3 is 14.6 Å². The molecule has 0 radical (unpaired) electrons. The molecule has 1 unspecified atom stereocenters. The van der Waals surface area contributed by atoms with Crippen LogP contribution in [0, 0.1) is 6.92 Å². The zero-order chi connectivity index (χ0) is 15.6. The van der Waals surface area contributed by atoms with Crippen molar-refractivity contribution in [3.8, 4) is 0 Å². The summed E-state index contributed by atoms with van der Waals surface area (Å²) in [6.45, 7) is 1.27. The van der Waals surface area contributed by atoms with Crippen LogP contribution in [0.15, 0.2) is 15.8 Å². The molecular formula is C11H15N3O7. The van der Waals surface area contributed by atoms with Crippen molar-refractivity contribution >= 4 is 6.16 Å². The van der Waals surface area contributed by atoms with E-state index in [0.717, 1.165) is 0 Å². The van der Waals surface area contributed by atoms with Gasteiger partial charge in [-0.1, -0.05) is 0 Å². The molecule has 1 aromatic rings. The molecule has 3 atom stereocenters. The number of nitrogens with two attached hydrogens (primary N) is 1. The van der Waals surface area contributed by atoms with E-state index in [4.69, 9.17) is 20.6 Å². The summed E-state index contributed by atoms with van der Waals surface area (Å²) >= 11 is 0. The number of aromatic amines is 1. The molecule has 1 aromatic heterocycles. The van der Waals surface area contributed by atoms with Gasteiger partial charge in [-0.05, 0) is 6.92 Å². The second-order valence-electron chi connectivity index (χ2n) is 4.59. The van der Waals surface area contributed by atoms with Gasteiger partial charge in [0.15, 0.2) is 0 Å². The average Bonchev–Trinajstić information content (AvgIpc) is 2.83. The maximum Gasteiger partial charge on any atom is 0.505 e. The van der Waals surface area contributed by atoms with Crippen molar-refractivity contribution in [1.82, 2.24) is 9.55 Å². The van der Waals surface area contributed by atoms with E-state index in [1.165, 1.54) is 10.8 Å². The van der Waals surface area contributed by atoms with Crippen molar-refractivity contribution in [1.29, 1.82) is 0 Å². The number of hydrogen-bond donors (Lipinski definition) is 3. The van der Waals surface area contributed by atoms with Crippen molar-refractivity contribution in [2.75, 3.05) is 6.61 Å². The van der Waals surface area contributed by atoms with E-state index in [2.05, 4.69) is 9.72 Å². The monoisotopic (exact) mass is 301 g/mol. The van der Waals surface area contributed by atoms with E-state index < -0.39 is 35.8 Å². The van der Waals surface area contributed by atoms with Crippen LogP contribution in [0.1, 0.15) is 18.2 Å². The van der Waals surface area contributed by atoms with E-state index >= 15 is 0 Å². The third-order valence-electron chi connectivity index (χ3n) is 3.18. The Morgan fingerprint density at radius 3 is 2.95 bits per heavy atom. The van der Waals surface area contributed by atoms with Crippen LogP contribution in [0.5, 0.6) is 0 Å². The average molecular weight is 301 g/mol. The molecule has 10 heteroatoms. The first-order valence-corrected chi connectivity index (χ1v) is 6.11. The molecule has 4 N–H and O–H groups in total. The lowest BCUT2D eigenvalue weighted by Gasteiger charge is -2.16. The van der Waals surface area contributed by atoms with Gasteiger partial charge in [0.2, 0.25) is 0 Å². The molecule has 1 fully saturated rings. The van der Waals surface area contributed by atoms with Gasteiger partial charge in [-0.25, -0.2) is 15.5 Å². The van der Waals surface area contributed by atoms with Gasteiger partial charge in [-0.15, -0.1) is 0 Å². The summed E-state index contributed by atoms with van der Waals surface area (Å²) in [5.74, 6) is 5.13. The summed E-state index contributed by atoms with van der Waals surface area (Å²) < 4.78 is 11.1. The summed E-state index contributed by atoms with van der Waals surface area (Å²) in [6.07, 6.45) is -1.97. The highest BCUT2D eigenvalue weighted by molar-refractivity contribution is 5.56. The van der Waals surface area contributed by atoms with Gasteiger partial charge in [-0.3, -0.25) is 19.2 Å². The third-order valence-corrected chi connectivity index (χ3v) is 3.18. The maximum absolute atomic E-state index is 11.8. The number of hydrogen-bond acceptors (Lipinski definition) is 7. The number of ether oxygens (including phenoxy) is 2. The highest BCUT2D eigenvalue weighted by atomic mass is 16.7. The van der Waals surface area contributed by atoms with Gasteiger partial charge in [0.25, 0.3) is 5.56 Å². The Balaban J connectivity index is 2.19. The number of nitrogens with zero attached hydrogens (tertiary/aromatic N) is 1. The lowest BCUT2D eigenvalue weighted by molar-refractivity contribution is -0.0700. The van der Waals surface area contributed by atoms with Crippen molar-refractivity contribution in [3.05, 3.63) is 32.6 Å². The molecule has 0 saturated carbocycles. The normalized spacial score (nSPS) is 25.0. The maximum atomic E-state index is 11.8.